The quantitative estimate of drug-likeness (QED) is 0.917. The van der Waals surface area contributed by atoms with Gasteiger partial charge in [-0.1, -0.05) is 19.3 Å². The van der Waals surface area contributed by atoms with Gasteiger partial charge in [0, 0.05) is 30.9 Å². The summed E-state index contributed by atoms with van der Waals surface area (Å²) in [6.07, 6.45) is 10.2. The number of amides is 1. The predicted octanol–water partition coefficient (Wildman–Crippen LogP) is 3.06. The van der Waals surface area contributed by atoms with Gasteiger partial charge in [0.05, 0.1) is 0 Å². The normalized spacial score (nSPS) is 19.6. The number of nitrogens with one attached hydrogen (secondary N) is 1. The van der Waals surface area contributed by atoms with Crippen LogP contribution in [0.3, 0.4) is 0 Å². The molecule has 2 aliphatic carbocycles. The minimum Gasteiger partial charge on any atom is -0.367 e. The Morgan fingerprint density at radius 2 is 2.00 bits per heavy atom. The lowest BCUT2D eigenvalue weighted by molar-refractivity contribution is 0.0696. The third-order valence-electron chi connectivity index (χ3n) is 4.38. The van der Waals surface area contributed by atoms with Gasteiger partial charge in [-0.15, -0.1) is 0 Å². The zero-order chi connectivity index (χ0) is 13.9. The zero-order valence-electron chi connectivity index (χ0n) is 12.1. The Kier molecular flexibility index (Phi) is 3.90. The van der Waals surface area contributed by atoms with Crippen LogP contribution >= 0.6 is 0 Å². The van der Waals surface area contributed by atoms with Crippen LogP contribution in [0.2, 0.25) is 0 Å². The Labute approximate surface area is 120 Å². The molecule has 4 nitrogen and oxygen atoms in total. The monoisotopic (exact) mass is 273 g/mol. The molecule has 1 N–H and O–H groups in total. The van der Waals surface area contributed by atoms with Gasteiger partial charge in [0.25, 0.3) is 5.91 Å². The molecule has 0 radical (unpaired) electrons. The molecule has 0 aromatic carbocycles. The average Bonchev–Trinajstić information content (AvgIpc) is 3.31. The van der Waals surface area contributed by atoms with E-state index in [0.29, 0.717) is 12.1 Å². The van der Waals surface area contributed by atoms with Crippen molar-refractivity contribution in [2.24, 2.45) is 0 Å². The highest BCUT2D eigenvalue weighted by atomic mass is 16.2. The molecule has 0 atom stereocenters. The van der Waals surface area contributed by atoms with Crippen LogP contribution in [0, 0.1) is 0 Å². The minimum absolute atomic E-state index is 0.123. The topological polar surface area (TPSA) is 45.2 Å². The molecule has 0 unspecified atom stereocenters. The summed E-state index contributed by atoms with van der Waals surface area (Å²) in [7, 11) is 1.94. The van der Waals surface area contributed by atoms with Crippen molar-refractivity contribution in [3.63, 3.8) is 0 Å². The standard InChI is InChI=1S/C16H23N3O/c1-19(14-5-3-2-4-6-14)16(20)12-9-10-17-15(11-12)18-13-7-8-13/h9-11,13-14H,2-8H2,1H3,(H,17,18). The molecule has 1 amide bonds. The fourth-order valence-corrected chi connectivity index (χ4v) is 2.92. The highest BCUT2D eigenvalue weighted by molar-refractivity contribution is 5.94. The van der Waals surface area contributed by atoms with Gasteiger partial charge in [-0.25, -0.2) is 4.98 Å². The molecule has 2 aliphatic rings. The van der Waals surface area contributed by atoms with E-state index in [9.17, 15) is 4.79 Å². The fraction of sp³-hybridized carbons (Fsp3) is 0.625. The van der Waals surface area contributed by atoms with Crippen LogP contribution in [0.25, 0.3) is 0 Å². The lowest BCUT2D eigenvalue weighted by Gasteiger charge is -2.31. The molecule has 108 valence electrons. The maximum absolute atomic E-state index is 12.6. The highest BCUT2D eigenvalue weighted by Crippen LogP contribution is 2.25. The summed E-state index contributed by atoms with van der Waals surface area (Å²) in [5.41, 5.74) is 0.747. The van der Waals surface area contributed by atoms with Crippen molar-refractivity contribution in [2.75, 3.05) is 12.4 Å². The molecule has 2 fully saturated rings. The summed E-state index contributed by atoms with van der Waals surface area (Å²) in [5.74, 6) is 0.952. The Bertz CT molecular complexity index is 478. The van der Waals surface area contributed by atoms with Gasteiger partial charge in [0.2, 0.25) is 0 Å². The van der Waals surface area contributed by atoms with Crippen molar-refractivity contribution in [3.8, 4) is 0 Å². The second-order valence-electron chi connectivity index (χ2n) is 6.06. The summed E-state index contributed by atoms with van der Waals surface area (Å²) < 4.78 is 0. The molecule has 0 saturated heterocycles. The van der Waals surface area contributed by atoms with Gasteiger partial charge < -0.3 is 10.2 Å². The predicted molar refractivity (Wildman–Crippen MR) is 79.8 cm³/mol. The molecule has 1 aromatic heterocycles. The molecule has 2 saturated carbocycles. The van der Waals surface area contributed by atoms with Crippen molar-refractivity contribution in [1.82, 2.24) is 9.88 Å². The van der Waals surface area contributed by atoms with E-state index in [1.54, 1.807) is 6.20 Å². The van der Waals surface area contributed by atoms with Gasteiger partial charge in [-0.3, -0.25) is 4.79 Å². The number of nitrogens with zero attached hydrogens (tertiary/aromatic N) is 2. The van der Waals surface area contributed by atoms with Crippen molar-refractivity contribution >= 4 is 11.7 Å². The number of rotatable bonds is 4. The van der Waals surface area contributed by atoms with Crippen LogP contribution in [-0.4, -0.2) is 34.9 Å². The number of aromatic nitrogens is 1. The molecule has 0 bridgehead atoms. The van der Waals surface area contributed by atoms with Gasteiger partial charge in [-0.2, -0.15) is 0 Å². The number of carbonyl (C=O) groups excluding carboxylic acids is 1. The van der Waals surface area contributed by atoms with E-state index in [1.165, 1.54) is 32.1 Å². The number of anilines is 1. The van der Waals surface area contributed by atoms with E-state index >= 15 is 0 Å². The summed E-state index contributed by atoms with van der Waals surface area (Å²) >= 11 is 0. The first-order chi connectivity index (χ1) is 9.74. The first-order valence-corrected chi connectivity index (χ1v) is 7.74. The average molecular weight is 273 g/mol. The van der Waals surface area contributed by atoms with Crippen LogP contribution in [0.15, 0.2) is 18.3 Å². The second kappa shape index (κ2) is 5.81. The van der Waals surface area contributed by atoms with Gasteiger partial charge >= 0.3 is 0 Å². The fourth-order valence-electron chi connectivity index (χ4n) is 2.92. The number of hydrogen-bond acceptors (Lipinski definition) is 3. The Balaban J connectivity index is 1.68. The molecule has 4 heteroatoms. The SMILES string of the molecule is CN(C(=O)c1ccnc(NC2CC2)c1)C1CCCCC1. The molecule has 1 heterocycles. The van der Waals surface area contributed by atoms with E-state index in [4.69, 9.17) is 0 Å². The summed E-state index contributed by atoms with van der Waals surface area (Å²) in [6.45, 7) is 0. The molecular formula is C16H23N3O. The van der Waals surface area contributed by atoms with E-state index in [-0.39, 0.29) is 5.91 Å². The smallest absolute Gasteiger partial charge is 0.254 e. The van der Waals surface area contributed by atoms with Crippen LogP contribution < -0.4 is 5.32 Å². The lowest BCUT2D eigenvalue weighted by Crippen LogP contribution is -2.38. The zero-order valence-corrected chi connectivity index (χ0v) is 12.1. The maximum atomic E-state index is 12.6. The minimum atomic E-state index is 0.123. The summed E-state index contributed by atoms with van der Waals surface area (Å²) in [5, 5.41) is 3.35. The number of pyridine rings is 1. The molecule has 20 heavy (non-hydrogen) atoms. The van der Waals surface area contributed by atoms with E-state index in [1.807, 2.05) is 24.1 Å². The summed E-state index contributed by atoms with van der Waals surface area (Å²) in [6, 6.07) is 4.67. The Hall–Kier alpha value is -1.58. The lowest BCUT2D eigenvalue weighted by atomic mass is 9.94. The van der Waals surface area contributed by atoms with E-state index in [0.717, 1.165) is 24.2 Å². The number of carbonyl (C=O) groups is 1. The summed E-state index contributed by atoms with van der Waals surface area (Å²) in [4.78, 5) is 18.8. The van der Waals surface area contributed by atoms with Gasteiger partial charge in [0.1, 0.15) is 5.82 Å². The van der Waals surface area contributed by atoms with Crippen molar-refractivity contribution in [1.29, 1.82) is 0 Å². The highest BCUT2D eigenvalue weighted by Gasteiger charge is 2.24. The molecule has 1 aromatic rings. The first kappa shape index (κ1) is 13.4. The van der Waals surface area contributed by atoms with E-state index in [2.05, 4.69) is 10.3 Å². The largest absolute Gasteiger partial charge is 0.367 e. The second-order valence-corrected chi connectivity index (χ2v) is 6.06. The van der Waals surface area contributed by atoms with Crippen molar-refractivity contribution in [2.45, 2.75) is 57.0 Å². The molecule has 3 rings (SSSR count). The van der Waals surface area contributed by atoms with Gasteiger partial charge in [0.15, 0.2) is 0 Å². The third kappa shape index (κ3) is 3.11. The van der Waals surface area contributed by atoms with E-state index < -0.39 is 0 Å². The Morgan fingerprint density at radius 1 is 1.25 bits per heavy atom. The van der Waals surface area contributed by atoms with Crippen LogP contribution in [-0.2, 0) is 0 Å². The van der Waals surface area contributed by atoms with Gasteiger partial charge in [-0.05, 0) is 37.8 Å². The first-order valence-electron chi connectivity index (χ1n) is 7.74. The van der Waals surface area contributed by atoms with Crippen molar-refractivity contribution in [3.05, 3.63) is 23.9 Å². The van der Waals surface area contributed by atoms with Crippen molar-refractivity contribution < 1.29 is 4.79 Å². The third-order valence-corrected chi connectivity index (χ3v) is 4.38. The van der Waals surface area contributed by atoms with Crippen LogP contribution in [0.1, 0.15) is 55.3 Å². The molecule has 0 spiro atoms. The van der Waals surface area contributed by atoms with Crippen LogP contribution in [0.5, 0.6) is 0 Å². The Morgan fingerprint density at radius 3 is 2.70 bits per heavy atom. The molecular weight excluding hydrogens is 250 g/mol. The maximum Gasteiger partial charge on any atom is 0.254 e. The molecule has 0 aliphatic heterocycles. The number of hydrogen-bond donors (Lipinski definition) is 1. The van der Waals surface area contributed by atoms with Crippen LogP contribution in [0.4, 0.5) is 5.82 Å².